The minimum atomic E-state index is 0.718. The van der Waals surface area contributed by atoms with Crippen LogP contribution in [0.15, 0.2) is 83.3 Å². The van der Waals surface area contributed by atoms with E-state index in [-0.39, 0.29) is 0 Å². The summed E-state index contributed by atoms with van der Waals surface area (Å²) in [4.78, 5) is 9.51. The molecule has 4 rings (SSSR count). The zero-order chi connectivity index (χ0) is 17.1. The highest BCUT2D eigenvalue weighted by Crippen LogP contribution is 2.26. The SMILES string of the molecule is Brc1cccc(-c2nc(NCc3ccccc3)c3ccccc3n2)c1. The number of fused-ring (bicyclic) bond motifs is 1. The van der Waals surface area contributed by atoms with Gasteiger partial charge in [-0.3, -0.25) is 0 Å². The predicted octanol–water partition coefficient (Wildman–Crippen LogP) is 5.67. The molecule has 4 aromatic rings. The topological polar surface area (TPSA) is 37.8 Å². The van der Waals surface area contributed by atoms with Gasteiger partial charge in [0.25, 0.3) is 0 Å². The molecule has 0 saturated carbocycles. The Morgan fingerprint density at radius 3 is 2.44 bits per heavy atom. The highest BCUT2D eigenvalue weighted by molar-refractivity contribution is 9.10. The van der Waals surface area contributed by atoms with Gasteiger partial charge in [-0.1, -0.05) is 70.5 Å². The molecule has 3 nitrogen and oxygen atoms in total. The summed E-state index contributed by atoms with van der Waals surface area (Å²) in [6.07, 6.45) is 0. The number of anilines is 1. The van der Waals surface area contributed by atoms with Crippen LogP contribution in [-0.4, -0.2) is 9.97 Å². The Morgan fingerprint density at radius 2 is 1.60 bits per heavy atom. The average Bonchev–Trinajstić information content (AvgIpc) is 2.67. The standard InChI is InChI=1S/C21H16BrN3/c22-17-10-6-9-16(13-17)20-24-19-12-5-4-11-18(19)21(25-20)23-14-15-7-2-1-3-8-15/h1-13H,14H2,(H,23,24,25). The normalized spacial score (nSPS) is 10.8. The van der Waals surface area contributed by atoms with Crippen molar-refractivity contribution in [3.8, 4) is 11.4 Å². The van der Waals surface area contributed by atoms with Gasteiger partial charge in [0.2, 0.25) is 0 Å². The Labute approximate surface area is 154 Å². The monoisotopic (exact) mass is 389 g/mol. The third-order valence-corrected chi connectivity index (χ3v) is 4.48. The van der Waals surface area contributed by atoms with Crippen molar-refractivity contribution in [2.24, 2.45) is 0 Å². The molecule has 4 heteroatoms. The summed E-state index contributed by atoms with van der Waals surface area (Å²) in [7, 11) is 0. The lowest BCUT2D eigenvalue weighted by Gasteiger charge is -2.11. The van der Waals surface area contributed by atoms with Gasteiger partial charge in [0.1, 0.15) is 5.82 Å². The first-order valence-corrected chi connectivity index (χ1v) is 8.89. The Balaban J connectivity index is 1.76. The molecular formula is C21H16BrN3. The Morgan fingerprint density at radius 1 is 0.800 bits per heavy atom. The largest absolute Gasteiger partial charge is 0.365 e. The van der Waals surface area contributed by atoms with Crippen molar-refractivity contribution >= 4 is 32.7 Å². The minimum absolute atomic E-state index is 0.718. The third-order valence-electron chi connectivity index (χ3n) is 3.99. The van der Waals surface area contributed by atoms with Gasteiger partial charge in [0.15, 0.2) is 5.82 Å². The van der Waals surface area contributed by atoms with E-state index in [9.17, 15) is 0 Å². The first-order chi connectivity index (χ1) is 12.3. The number of rotatable bonds is 4. The number of hydrogen-bond acceptors (Lipinski definition) is 3. The van der Waals surface area contributed by atoms with E-state index in [1.54, 1.807) is 0 Å². The Bertz CT molecular complexity index is 1020. The van der Waals surface area contributed by atoms with Crippen LogP contribution >= 0.6 is 15.9 Å². The zero-order valence-electron chi connectivity index (χ0n) is 13.5. The van der Waals surface area contributed by atoms with Crippen LogP contribution in [0, 0.1) is 0 Å². The van der Waals surface area contributed by atoms with Gasteiger partial charge in [-0.2, -0.15) is 0 Å². The zero-order valence-corrected chi connectivity index (χ0v) is 15.1. The third kappa shape index (κ3) is 3.54. The van der Waals surface area contributed by atoms with Crippen molar-refractivity contribution in [1.82, 2.24) is 9.97 Å². The van der Waals surface area contributed by atoms with Crippen molar-refractivity contribution in [3.05, 3.63) is 88.9 Å². The number of nitrogens with zero attached hydrogens (tertiary/aromatic N) is 2. The van der Waals surface area contributed by atoms with Crippen LogP contribution in [0.25, 0.3) is 22.3 Å². The molecule has 25 heavy (non-hydrogen) atoms. The summed E-state index contributed by atoms with van der Waals surface area (Å²) in [5.41, 5.74) is 3.14. The van der Waals surface area contributed by atoms with Crippen LogP contribution in [0.3, 0.4) is 0 Å². The molecule has 0 amide bonds. The van der Waals surface area contributed by atoms with E-state index in [4.69, 9.17) is 9.97 Å². The lowest BCUT2D eigenvalue weighted by Crippen LogP contribution is -2.04. The average molecular weight is 390 g/mol. The summed E-state index contributed by atoms with van der Waals surface area (Å²) in [6.45, 7) is 0.722. The fraction of sp³-hybridized carbons (Fsp3) is 0.0476. The highest BCUT2D eigenvalue weighted by Gasteiger charge is 2.09. The van der Waals surface area contributed by atoms with Crippen molar-refractivity contribution < 1.29 is 0 Å². The molecule has 0 atom stereocenters. The molecule has 1 aromatic heterocycles. The number of nitrogens with one attached hydrogen (secondary N) is 1. The minimum Gasteiger partial charge on any atom is -0.365 e. The number of halogens is 1. The molecule has 1 heterocycles. The number of benzene rings is 3. The number of hydrogen-bond donors (Lipinski definition) is 1. The molecular weight excluding hydrogens is 374 g/mol. The summed E-state index contributed by atoms with van der Waals surface area (Å²) in [6, 6.07) is 26.4. The van der Waals surface area contributed by atoms with Gasteiger partial charge < -0.3 is 5.32 Å². The molecule has 0 fully saturated rings. The molecule has 0 aliphatic rings. The molecule has 0 bridgehead atoms. The highest BCUT2D eigenvalue weighted by atomic mass is 79.9. The number of para-hydroxylation sites is 1. The van der Waals surface area contributed by atoms with Crippen LogP contribution in [-0.2, 0) is 6.54 Å². The second-order valence-corrected chi connectivity index (χ2v) is 6.68. The first-order valence-electron chi connectivity index (χ1n) is 8.10. The molecule has 1 N–H and O–H groups in total. The van der Waals surface area contributed by atoms with Crippen LogP contribution in [0.4, 0.5) is 5.82 Å². The predicted molar refractivity (Wildman–Crippen MR) is 106 cm³/mol. The van der Waals surface area contributed by atoms with Gasteiger partial charge in [-0.25, -0.2) is 9.97 Å². The van der Waals surface area contributed by atoms with E-state index < -0.39 is 0 Å². The smallest absolute Gasteiger partial charge is 0.162 e. The second kappa shape index (κ2) is 7.03. The van der Waals surface area contributed by atoms with E-state index in [0.717, 1.165) is 39.1 Å². The van der Waals surface area contributed by atoms with Crippen molar-refractivity contribution in [3.63, 3.8) is 0 Å². The van der Waals surface area contributed by atoms with Gasteiger partial charge in [-0.15, -0.1) is 0 Å². The van der Waals surface area contributed by atoms with Gasteiger partial charge in [0, 0.05) is 22.0 Å². The maximum Gasteiger partial charge on any atom is 0.162 e. The van der Waals surface area contributed by atoms with Crippen LogP contribution < -0.4 is 5.32 Å². The van der Waals surface area contributed by atoms with Crippen LogP contribution in [0.2, 0.25) is 0 Å². The Kier molecular flexibility index (Phi) is 4.44. The Hall–Kier alpha value is -2.72. The molecule has 0 unspecified atom stereocenters. The maximum absolute atomic E-state index is 4.78. The molecule has 0 aliphatic carbocycles. The molecule has 3 aromatic carbocycles. The van der Waals surface area contributed by atoms with E-state index in [1.807, 2.05) is 66.7 Å². The first kappa shape index (κ1) is 15.8. The molecule has 0 saturated heterocycles. The summed E-state index contributed by atoms with van der Waals surface area (Å²) >= 11 is 3.52. The van der Waals surface area contributed by atoms with E-state index >= 15 is 0 Å². The van der Waals surface area contributed by atoms with E-state index in [0.29, 0.717) is 0 Å². The maximum atomic E-state index is 4.78. The van der Waals surface area contributed by atoms with Gasteiger partial charge in [-0.05, 0) is 29.8 Å². The summed E-state index contributed by atoms with van der Waals surface area (Å²) < 4.78 is 1.01. The van der Waals surface area contributed by atoms with E-state index in [1.165, 1.54) is 5.56 Å². The molecule has 0 spiro atoms. The molecule has 0 radical (unpaired) electrons. The fourth-order valence-electron chi connectivity index (χ4n) is 2.75. The van der Waals surface area contributed by atoms with Crippen LogP contribution in [0.5, 0.6) is 0 Å². The lowest BCUT2D eigenvalue weighted by atomic mass is 10.1. The van der Waals surface area contributed by atoms with Crippen molar-refractivity contribution in [1.29, 1.82) is 0 Å². The fourth-order valence-corrected chi connectivity index (χ4v) is 3.15. The van der Waals surface area contributed by atoms with Crippen molar-refractivity contribution in [2.75, 3.05) is 5.32 Å². The van der Waals surface area contributed by atoms with E-state index in [2.05, 4.69) is 33.4 Å². The van der Waals surface area contributed by atoms with Crippen molar-refractivity contribution in [2.45, 2.75) is 6.54 Å². The van der Waals surface area contributed by atoms with Crippen LogP contribution in [0.1, 0.15) is 5.56 Å². The lowest BCUT2D eigenvalue weighted by molar-refractivity contribution is 1.11. The molecule has 0 aliphatic heterocycles. The summed E-state index contributed by atoms with van der Waals surface area (Å²) in [5.74, 6) is 1.57. The second-order valence-electron chi connectivity index (χ2n) is 5.76. The molecule has 122 valence electrons. The van der Waals surface area contributed by atoms with Gasteiger partial charge >= 0.3 is 0 Å². The quantitative estimate of drug-likeness (QED) is 0.488. The van der Waals surface area contributed by atoms with Gasteiger partial charge in [0.05, 0.1) is 5.52 Å². The number of aromatic nitrogens is 2. The summed E-state index contributed by atoms with van der Waals surface area (Å²) in [5, 5.41) is 4.49.